The predicted octanol–water partition coefficient (Wildman–Crippen LogP) is 2.52. The van der Waals surface area contributed by atoms with E-state index in [0.29, 0.717) is 16.8 Å². The molecule has 3 aromatic carbocycles. The molecule has 148 valence electrons. The summed E-state index contributed by atoms with van der Waals surface area (Å²) in [5, 5.41) is 2.72. The molecule has 7 nitrogen and oxygen atoms in total. The average Bonchev–Trinajstić information content (AvgIpc) is 2.72. The van der Waals surface area contributed by atoms with Crippen LogP contribution in [0, 0.1) is 0 Å². The molecule has 0 radical (unpaired) electrons. The lowest BCUT2D eigenvalue weighted by molar-refractivity contribution is 0.0950. The average molecular weight is 409 g/mol. The van der Waals surface area contributed by atoms with Gasteiger partial charge < -0.3 is 11.1 Å². The Bertz CT molecular complexity index is 1130. The van der Waals surface area contributed by atoms with Crippen molar-refractivity contribution in [2.45, 2.75) is 11.4 Å². The van der Waals surface area contributed by atoms with Crippen LogP contribution >= 0.6 is 0 Å². The van der Waals surface area contributed by atoms with Crippen molar-refractivity contribution in [1.29, 1.82) is 0 Å². The number of benzene rings is 3. The minimum Gasteiger partial charge on any atom is -0.366 e. The number of hydrogen-bond donors (Lipinski definition) is 3. The van der Waals surface area contributed by atoms with Gasteiger partial charge >= 0.3 is 0 Å². The third-order valence-corrected chi connectivity index (χ3v) is 5.51. The molecule has 0 aromatic heterocycles. The van der Waals surface area contributed by atoms with Crippen molar-refractivity contribution in [3.63, 3.8) is 0 Å². The van der Waals surface area contributed by atoms with Crippen molar-refractivity contribution in [3.8, 4) is 0 Å². The molecular formula is C21H19N3O4S. The highest BCUT2D eigenvalue weighted by Gasteiger charge is 2.15. The van der Waals surface area contributed by atoms with Gasteiger partial charge in [-0.1, -0.05) is 30.3 Å². The molecule has 29 heavy (non-hydrogen) atoms. The number of nitrogens with one attached hydrogen (secondary N) is 2. The topological polar surface area (TPSA) is 118 Å². The van der Waals surface area contributed by atoms with Gasteiger partial charge in [-0.3, -0.25) is 14.3 Å². The van der Waals surface area contributed by atoms with E-state index >= 15 is 0 Å². The van der Waals surface area contributed by atoms with E-state index in [9.17, 15) is 18.0 Å². The van der Waals surface area contributed by atoms with Crippen LogP contribution in [0.25, 0.3) is 0 Å². The third-order valence-electron chi connectivity index (χ3n) is 4.12. The van der Waals surface area contributed by atoms with E-state index in [1.165, 1.54) is 24.3 Å². The zero-order valence-electron chi connectivity index (χ0n) is 15.3. The number of anilines is 1. The van der Waals surface area contributed by atoms with Gasteiger partial charge in [0.25, 0.3) is 15.9 Å². The number of primary amides is 1. The SMILES string of the molecule is NC(=O)c1cccc(CNC(=O)c2ccc(S(=O)(=O)Nc3ccccc3)cc2)c1. The quantitative estimate of drug-likeness (QED) is 0.555. The Balaban J connectivity index is 1.65. The fourth-order valence-electron chi connectivity index (χ4n) is 2.62. The summed E-state index contributed by atoms with van der Waals surface area (Å²) in [6, 6.07) is 20.8. The normalized spacial score (nSPS) is 10.9. The van der Waals surface area contributed by atoms with E-state index in [0.717, 1.165) is 5.56 Å². The Labute approximate surface area is 168 Å². The van der Waals surface area contributed by atoms with Gasteiger partial charge in [0, 0.05) is 23.4 Å². The molecule has 0 aliphatic heterocycles. The van der Waals surface area contributed by atoms with Crippen molar-refractivity contribution < 1.29 is 18.0 Å². The number of nitrogens with two attached hydrogens (primary N) is 1. The number of amides is 2. The smallest absolute Gasteiger partial charge is 0.261 e. The van der Waals surface area contributed by atoms with Crippen LogP contribution in [0.15, 0.2) is 83.8 Å². The molecule has 4 N–H and O–H groups in total. The second kappa shape index (κ2) is 8.57. The van der Waals surface area contributed by atoms with Crippen molar-refractivity contribution in [3.05, 3.63) is 95.6 Å². The van der Waals surface area contributed by atoms with E-state index in [-0.39, 0.29) is 17.3 Å². The van der Waals surface area contributed by atoms with Crippen LogP contribution in [0.4, 0.5) is 5.69 Å². The van der Waals surface area contributed by atoms with E-state index in [4.69, 9.17) is 5.73 Å². The van der Waals surface area contributed by atoms with Crippen molar-refractivity contribution in [2.75, 3.05) is 4.72 Å². The maximum absolute atomic E-state index is 12.4. The van der Waals surface area contributed by atoms with Gasteiger partial charge in [-0.2, -0.15) is 0 Å². The first kappa shape index (κ1) is 20.1. The van der Waals surface area contributed by atoms with Gasteiger partial charge in [0.1, 0.15) is 0 Å². The lowest BCUT2D eigenvalue weighted by Gasteiger charge is -2.09. The molecule has 0 heterocycles. The number of carbonyl (C=O) groups is 2. The predicted molar refractivity (Wildman–Crippen MR) is 110 cm³/mol. The first-order valence-corrected chi connectivity index (χ1v) is 10.2. The number of rotatable bonds is 7. The molecule has 8 heteroatoms. The second-order valence-electron chi connectivity index (χ2n) is 6.24. The summed E-state index contributed by atoms with van der Waals surface area (Å²) in [5.74, 6) is -0.909. The molecule has 3 rings (SSSR count). The number of sulfonamides is 1. The molecule has 0 aliphatic carbocycles. The van der Waals surface area contributed by atoms with Crippen LogP contribution < -0.4 is 15.8 Å². The number of hydrogen-bond acceptors (Lipinski definition) is 4. The van der Waals surface area contributed by atoms with Gasteiger partial charge in [-0.15, -0.1) is 0 Å². The minimum atomic E-state index is -3.75. The molecule has 0 atom stereocenters. The number of carbonyl (C=O) groups excluding carboxylic acids is 2. The van der Waals surface area contributed by atoms with E-state index < -0.39 is 15.9 Å². The second-order valence-corrected chi connectivity index (χ2v) is 7.93. The van der Waals surface area contributed by atoms with Crippen LogP contribution in [0.1, 0.15) is 26.3 Å². The molecule has 0 saturated carbocycles. The molecule has 0 bridgehead atoms. The summed E-state index contributed by atoms with van der Waals surface area (Å²) in [5.41, 5.74) is 7.09. The summed E-state index contributed by atoms with van der Waals surface area (Å²) >= 11 is 0. The maximum Gasteiger partial charge on any atom is 0.261 e. The Morgan fingerprint density at radius 2 is 1.52 bits per heavy atom. The highest BCUT2D eigenvalue weighted by atomic mass is 32.2. The Hall–Kier alpha value is -3.65. The van der Waals surface area contributed by atoms with Crippen LogP contribution in [0.3, 0.4) is 0 Å². The summed E-state index contributed by atoms with van der Waals surface area (Å²) in [4.78, 5) is 23.6. The monoisotopic (exact) mass is 409 g/mol. The van der Waals surface area contributed by atoms with Crippen LogP contribution in [0.2, 0.25) is 0 Å². The summed E-state index contributed by atoms with van der Waals surface area (Å²) in [6.45, 7) is 0.204. The summed E-state index contributed by atoms with van der Waals surface area (Å²) in [6.07, 6.45) is 0. The van der Waals surface area contributed by atoms with Gasteiger partial charge in [-0.05, 0) is 54.1 Å². The minimum absolute atomic E-state index is 0.0482. The first-order valence-electron chi connectivity index (χ1n) is 8.70. The molecule has 0 unspecified atom stereocenters. The van der Waals surface area contributed by atoms with Crippen LogP contribution in [-0.4, -0.2) is 20.2 Å². The molecule has 2 amide bonds. The highest BCUT2D eigenvalue weighted by Crippen LogP contribution is 2.16. The van der Waals surface area contributed by atoms with E-state index in [1.807, 2.05) is 0 Å². The Kier molecular flexibility index (Phi) is 5.94. The van der Waals surface area contributed by atoms with E-state index in [2.05, 4.69) is 10.0 Å². The molecule has 0 saturated heterocycles. The molecular weight excluding hydrogens is 390 g/mol. The van der Waals surface area contributed by atoms with Gasteiger partial charge in [0.15, 0.2) is 0 Å². The lowest BCUT2D eigenvalue weighted by atomic mass is 10.1. The highest BCUT2D eigenvalue weighted by molar-refractivity contribution is 7.92. The lowest BCUT2D eigenvalue weighted by Crippen LogP contribution is -2.23. The van der Waals surface area contributed by atoms with Gasteiger partial charge in [-0.25, -0.2) is 8.42 Å². The molecule has 0 aliphatic rings. The standard InChI is InChI=1S/C21H19N3O4S/c22-20(25)17-6-4-5-15(13-17)14-23-21(26)16-9-11-19(12-10-16)29(27,28)24-18-7-2-1-3-8-18/h1-13,24H,14H2,(H2,22,25)(H,23,26). The van der Waals surface area contributed by atoms with Crippen LogP contribution in [-0.2, 0) is 16.6 Å². The summed E-state index contributed by atoms with van der Waals surface area (Å²) < 4.78 is 27.3. The van der Waals surface area contributed by atoms with Crippen molar-refractivity contribution >= 4 is 27.5 Å². The zero-order chi connectivity index (χ0) is 20.9. The largest absolute Gasteiger partial charge is 0.366 e. The molecule has 0 fully saturated rings. The summed E-state index contributed by atoms with van der Waals surface area (Å²) in [7, 11) is -3.75. The first-order chi connectivity index (χ1) is 13.8. The van der Waals surface area contributed by atoms with Crippen molar-refractivity contribution in [2.24, 2.45) is 5.73 Å². The maximum atomic E-state index is 12.4. The van der Waals surface area contributed by atoms with Crippen LogP contribution in [0.5, 0.6) is 0 Å². The van der Waals surface area contributed by atoms with Crippen molar-refractivity contribution in [1.82, 2.24) is 5.32 Å². The third kappa shape index (κ3) is 5.20. The van der Waals surface area contributed by atoms with E-state index in [1.54, 1.807) is 54.6 Å². The Morgan fingerprint density at radius 3 is 2.17 bits per heavy atom. The number of para-hydroxylation sites is 1. The van der Waals surface area contributed by atoms with Gasteiger partial charge in [0.05, 0.1) is 4.90 Å². The molecule has 3 aromatic rings. The Morgan fingerprint density at radius 1 is 0.828 bits per heavy atom. The van der Waals surface area contributed by atoms with Gasteiger partial charge in [0.2, 0.25) is 5.91 Å². The fraction of sp³-hybridized carbons (Fsp3) is 0.0476. The fourth-order valence-corrected chi connectivity index (χ4v) is 3.68. The zero-order valence-corrected chi connectivity index (χ0v) is 16.1. The molecule has 0 spiro atoms.